The topological polar surface area (TPSA) is 108 Å². The summed E-state index contributed by atoms with van der Waals surface area (Å²) in [7, 11) is 0. The Hall–Kier alpha value is -3.03. The van der Waals surface area contributed by atoms with E-state index in [0.717, 1.165) is 11.8 Å². The van der Waals surface area contributed by atoms with Gasteiger partial charge in [0.05, 0.1) is 13.2 Å². The molecule has 1 saturated carbocycles. The van der Waals surface area contributed by atoms with Crippen LogP contribution in [0.1, 0.15) is 38.7 Å². The highest BCUT2D eigenvalue weighted by atomic mass is 16.6. The molecule has 1 unspecified atom stereocenters. The van der Waals surface area contributed by atoms with E-state index in [9.17, 15) is 19.2 Å². The zero-order chi connectivity index (χ0) is 21.3. The number of ketones is 2. The predicted octanol–water partition coefficient (Wildman–Crippen LogP) is 2.24. The van der Waals surface area contributed by atoms with Crippen molar-refractivity contribution >= 4 is 29.7 Å². The van der Waals surface area contributed by atoms with Crippen LogP contribution in [0.15, 0.2) is 35.5 Å². The third kappa shape index (κ3) is 5.73. The second kappa shape index (κ2) is 10.5. The standard InChI is InChI=1S/C21H25NO7/c1-3-27-19(25)21(20(26)28-4-2)11-16(18(24)12-21)10-17(23)13-22-29-14-15-8-6-5-7-9-15/h5-9,13,16H,3-4,10-12,14H2,1-2H3/b22-13+. The van der Waals surface area contributed by atoms with Crippen molar-refractivity contribution in [3.8, 4) is 0 Å². The molecular weight excluding hydrogens is 378 g/mol. The quantitative estimate of drug-likeness (QED) is 0.255. The highest BCUT2D eigenvalue weighted by Crippen LogP contribution is 2.43. The molecule has 0 aliphatic heterocycles. The van der Waals surface area contributed by atoms with Gasteiger partial charge < -0.3 is 14.3 Å². The van der Waals surface area contributed by atoms with Gasteiger partial charge in [0.2, 0.25) is 0 Å². The molecule has 1 fully saturated rings. The van der Waals surface area contributed by atoms with Gasteiger partial charge in [0.25, 0.3) is 0 Å². The molecule has 1 atom stereocenters. The fourth-order valence-electron chi connectivity index (χ4n) is 3.24. The van der Waals surface area contributed by atoms with Crippen molar-refractivity contribution < 1.29 is 33.5 Å². The predicted molar refractivity (Wildman–Crippen MR) is 103 cm³/mol. The highest BCUT2D eigenvalue weighted by molar-refractivity contribution is 6.28. The van der Waals surface area contributed by atoms with Crippen molar-refractivity contribution in [2.45, 2.75) is 39.7 Å². The van der Waals surface area contributed by atoms with Crippen molar-refractivity contribution in [2.24, 2.45) is 16.5 Å². The smallest absolute Gasteiger partial charge is 0.323 e. The maximum atomic E-state index is 12.4. The fourth-order valence-corrected chi connectivity index (χ4v) is 3.24. The molecule has 156 valence electrons. The summed E-state index contributed by atoms with van der Waals surface area (Å²) in [5.74, 6) is -3.14. The van der Waals surface area contributed by atoms with Crippen LogP contribution in [0.4, 0.5) is 0 Å². The molecule has 0 saturated heterocycles. The molecule has 0 heterocycles. The maximum Gasteiger partial charge on any atom is 0.323 e. The van der Waals surface area contributed by atoms with Crippen molar-refractivity contribution in [2.75, 3.05) is 13.2 Å². The number of ether oxygens (including phenoxy) is 2. The minimum absolute atomic E-state index is 0.0726. The van der Waals surface area contributed by atoms with Gasteiger partial charge in [-0.25, -0.2) is 0 Å². The Bertz CT molecular complexity index is 754. The molecule has 0 bridgehead atoms. The number of nitrogens with zero attached hydrogens (tertiary/aromatic N) is 1. The summed E-state index contributed by atoms with van der Waals surface area (Å²) >= 11 is 0. The van der Waals surface area contributed by atoms with Gasteiger partial charge in [0.15, 0.2) is 11.2 Å². The van der Waals surface area contributed by atoms with E-state index in [1.807, 2.05) is 30.3 Å². The van der Waals surface area contributed by atoms with E-state index >= 15 is 0 Å². The van der Waals surface area contributed by atoms with Gasteiger partial charge in [-0.1, -0.05) is 35.5 Å². The van der Waals surface area contributed by atoms with Gasteiger partial charge in [-0.15, -0.1) is 0 Å². The van der Waals surface area contributed by atoms with Gasteiger partial charge in [0.1, 0.15) is 18.6 Å². The Morgan fingerprint density at radius 3 is 2.31 bits per heavy atom. The SMILES string of the molecule is CCOC(=O)C1(C(=O)OCC)CC(=O)C(CC(=O)/C=N/OCc2ccccc2)C1. The summed E-state index contributed by atoms with van der Waals surface area (Å²) in [5, 5.41) is 3.63. The first-order valence-electron chi connectivity index (χ1n) is 9.52. The van der Waals surface area contributed by atoms with Gasteiger partial charge in [0, 0.05) is 18.8 Å². The number of Topliss-reactive ketones (excluding diaryl/α,β-unsaturated/α-hetero) is 2. The molecule has 29 heavy (non-hydrogen) atoms. The Kier molecular flexibility index (Phi) is 8.06. The zero-order valence-corrected chi connectivity index (χ0v) is 16.6. The Morgan fingerprint density at radius 1 is 1.10 bits per heavy atom. The van der Waals surface area contributed by atoms with Gasteiger partial charge in [-0.2, -0.15) is 0 Å². The lowest BCUT2D eigenvalue weighted by molar-refractivity contribution is -0.172. The fraction of sp³-hybridized carbons (Fsp3) is 0.476. The van der Waals surface area contributed by atoms with E-state index < -0.39 is 29.1 Å². The van der Waals surface area contributed by atoms with Crippen LogP contribution in [-0.4, -0.2) is 42.9 Å². The molecule has 1 aliphatic rings. The largest absolute Gasteiger partial charge is 0.465 e. The number of carbonyl (C=O) groups excluding carboxylic acids is 4. The van der Waals surface area contributed by atoms with Crippen LogP contribution in [0.25, 0.3) is 0 Å². The van der Waals surface area contributed by atoms with Crippen molar-refractivity contribution in [3.05, 3.63) is 35.9 Å². The Balaban J connectivity index is 1.96. The molecule has 0 radical (unpaired) electrons. The van der Waals surface area contributed by atoms with E-state index in [-0.39, 0.29) is 44.9 Å². The van der Waals surface area contributed by atoms with Crippen molar-refractivity contribution in [1.82, 2.24) is 0 Å². The number of hydrogen-bond acceptors (Lipinski definition) is 8. The number of rotatable bonds is 10. The van der Waals surface area contributed by atoms with E-state index in [4.69, 9.17) is 14.3 Å². The molecule has 1 aromatic carbocycles. The van der Waals surface area contributed by atoms with Gasteiger partial charge in [-0.05, 0) is 25.8 Å². The minimum Gasteiger partial charge on any atom is -0.465 e. The monoisotopic (exact) mass is 403 g/mol. The summed E-state index contributed by atoms with van der Waals surface area (Å²) in [6, 6.07) is 9.32. The minimum atomic E-state index is -1.69. The molecule has 1 aromatic rings. The lowest BCUT2D eigenvalue weighted by Gasteiger charge is -2.23. The number of oxime groups is 1. The van der Waals surface area contributed by atoms with Crippen LogP contribution >= 0.6 is 0 Å². The molecule has 0 amide bonds. The lowest BCUT2D eigenvalue weighted by atomic mass is 9.84. The van der Waals surface area contributed by atoms with Crippen LogP contribution in [0.2, 0.25) is 0 Å². The molecule has 0 aromatic heterocycles. The molecule has 0 N–H and O–H groups in total. The molecule has 8 heteroatoms. The van der Waals surface area contributed by atoms with E-state index in [0.29, 0.717) is 0 Å². The zero-order valence-electron chi connectivity index (χ0n) is 16.6. The van der Waals surface area contributed by atoms with E-state index in [1.165, 1.54) is 0 Å². The second-order valence-corrected chi connectivity index (χ2v) is 6.73. The molecule has 0 spiro atoms. The van der Waals surface area contributed by atoms with E-state index in [1.54, 1.807) is 13.8 Å². The first kappa shape index (κ1) is 22.3. The first-order chi connectivity index (χ1) is 13.9. The molecular formula is C21H25NO7. The average molecular weight is 403 g/mol. The first-order valence-corrected chi connectivity index (χ1v) is 9.52. The third-order valence-electron chi connectivity index (χ3n) is 4.65. The van der Waals surface area contributed by atoms with Crippen molar-refractivity contribution in [1.29, 1.82) is 0 Å². The van der Waals surface area contributed by atoms with Crippen LogP contribution in [-0.2, 0) is 40.1 Å². The van der Waals surface area contributed by atoms with E-state index in [2.05, 4.69) is 5.16 Å². The molecule has 2 rings (SSSR count). The normalized spacial score (nSPS) is 17.9. The Morgan fingerprint density at radius 2 is 1.72 bits per heavy atom. The summed E-state index contributed by atoms with van der Waals surface area (Å²) in [4.78, 5) is 54.4. The Labute approximate surface area is 169 Å². The third-order valence-corrected chi connectivity index (χ3v) is 4.65. The van der Waals surface area contributed by atoms with Crippen molar-refractivity contribution in [3.63, 3.8) is 0 Å². The summed E-state index contributed by atoms with van der Waals surface area (Å²) in [6.07, 6.45) is 0.390. The number of benzene rings is 1. The summed E-state index contributed by atoms with van der Waals surface area (Å²) in [5.41, 5.74) is -0.786. The molecule has 8 nitrogen and oxygen atoms in total. The number of hydrogen-bond donors (Lipinski definition) is 0. The second-order valence-electron chi connectivity index (χ2n) is 6.73. The number of esters is 2. The average Bonchev–Trinajstić information content (AvgIpc) is 3.04. The van der Waals surface area contributed by atoms with Crippen LogP contribution in [0.5, 0.6) is 0 Å². The van der Waals surface area contributed by atoms with Gasteiger partial charge >= 0.3 is 11.9 Å². The summed E-state index contributed by atoms with van der Waals surface area (Å²) in [6.45, 7) is 3.58. The summed E-state index contributed by atoms with van der Waals surface area (Å²) < 4.78 is 9.99. The van der Waals surface area contributed by atoms with Crippen LogP contribution in [0, 0.1) is 11.3 Å². The lowest BCUT2D eigenvalue weighted by Crippen LogP contribution is -2.40. The highest BCUT2D eigenvalue weighted by Gasteiger charge is 2.57. The number of carbonyl (C=O) groups is 4. The maximum absolute atomic E-state index is 12.4. The molecule has 1 aliphatic carbocycles. The van der Waals surface area contributed by atoms with Crippen LogP contribution in [0.3, 0.4) is 0 Å². The van der Waals surface area contributed by atoms with Gasteiger partial charge in [-0.3, -0.25) is 19.2 Å². The van der Waals surface area contributed by atoms with Crippen LogP contribution < -0.4 is 0 Å².